The summed E-state index contributed by atoms with van der Waals surface area (Å²) in [4.78, 5) is 7.46. The molecule has 0 spiro atoms. The number of nitrogens with one attached hydrogen (secondary N) is 2. The first kappa shape index (κ1) is 19.7. The third kappa shape index (κ3) is 3.28. The van der Waals surface area contributed by atoms with Gasteiger partial charge in [-0.15, -0.1) is 0 Å². The van der Waals surface area contributed by atoms with Gasteiger partial charge in [-0.2, -0.15) is 0 Å². The normalized spacial score (nSPS) is 12.9. The number of benzene rings is 1. The van der Waals surface area contributed by atoms with Gasteiger partial charge in [-0.3, -0.25) is 0 Å². The van der Waals surface area contributed by atoms with E-state index in [4.69, 9.17) is 9.47 Å². The minimum atomic E-state index is -0.728. The van der Waals surface area contributed by atoms with Crippen LogP contribution in [0.4, 0.5) is 14.5 Å². The molecule has 0 bridgehead atoms. The number of ether oxygens (including phenoxy) is 2. The van der Waals surface area contributed by atoms with Crippen molar-refractivity contribution in [2.24, 2.45) is 0 Å². The van der Waals surface area contributed by atoms with E-state index in [1.807, 2.05) is 32.3 Å². The maximum Gasteiger partial charge on any atom is 0.172 e. The first-order valence-electron chi connectivity index (χ1n) is 8.84. The number of H-pyrrole nitrogens is 1. The lowest BCUT2D eigenvalue weighted by molar-refractivity contribution is 0.352. The zero-order chi connectivity index (χ0) is 20.4. The minimum Gasteiger partial charge on any atom is -0.494 e. The Kier molecular flexibility index (Phi) is 5.53. The van der Waals surface area contributed by atoms with Gasteiger partial charge in [-0.05, 0) is 13.0 Å². The fourth-order valence-electron chi connectivity index (χ4n) is 3.29. The molecular weight excluding hydrogens is 364 g/mol. The molecule has 28 heavy (non-hydrogen) atoms. The molecular formula is C21H23F2N3O2. The van der Waals surface area contributed by atoms with Gasteiger partial charge < -0.3 is 19.8 Å². The fraction of sp³-hybridized carbons (Fsp3) is 0.286. The first-order chi connectivity index (χ1) is 13.4. The van der Waals surface area contributed by atoms with Crippen LogP contribution in [0.25, 0.3) is 17.1 Å². The summed E-state index contributed by atoms with van der Waals surface area (Å²) in [5, 5.41) is 4.12. The summed E-state index contributed by atoms with van der Waals surface area (Å²) in [5.41, 5.74) is 3.16. The van der Waals surface area contributed by atoms with Crippen LogP contribution in [0.15, 0.2) is 30.1 Å². The molecule has 2 heterocycles. The second-order valence-corrected chi connectivity index (χ2v) is 6.51. The van der Waals surface area contributed by atoms with Crippen LogP contribution in [0.1, 0.15) is 30.9 Å². The van der Waals surface area contributed by atoms with Crippen molar-refractivity contribution in [2.45, 2.75) is 19.8 Å². The van der Waals surface area contributed by atoms with Crippen molar-refractivity contribution in [1.29, 1.82) is 0 Å². The molecule has 3 rings (SSSR count). The number of pyridine rings is 1. The van der Waals surface area contributed by atoms with Crippen LogP contribution in [0, 0.1) is 11.6 Å². The molecule has 0 aliphatic rings. The van der Waals surface area contributed by atoms with E-state index in [0.29, 0.717) is 0 Å². The molecule has 0 radical (unpaired) electrons. The topological polar surface area (TPSA) is 59.2 Å². The van der Waals surface area contributed by atoms with Gasteiger partial charge in [0.1, 0.15) is 5.65 Å². The van der Waals surface area contributed by atoms with Crippen LogP contribution in [0.3, 0.4) is 0 Å². The fourth-order valence-corrected chi connectivity index (χ4v) is 3.29. The van der Waals surface area contributed by atoms with Gasteiger partial charge in [0.05, 0.1) is 19.9 Å². The molecule has 3 aromatic rings. The predicted molar refractivity (Wildman–Crippen MR) is 107 cm³/mol. The van der Waals surface area contributed by atoms with Crippen LogP contribution in [-0.4, -0.2) is 31.2 Å². The van der Waals surface area contributed by atoms with Gasteiger partial charge >= 0.3 is 0 Å². The maximum absolute atomic E-state index is 14.8. The van der Waals surface area contributed by atoms with Crippen molar-refractivity contribution in [1.82, 2.24) is 9.97 Å². The van der Waals surface area contributed by atoms with E-state index in [2.05, 4.69) is 15.3 Å². The zero-order valence-corrected chi connectivity index (χ0v) is 16.5. The molecule has 1 aromatic carbocycles. The summed E-state index contributed by atoms with van der Waals surface area (Å²) in [5.74, 6) is -2.11. The van der Waals surface area contributed by atoms with E-state index in [0.717, 1.165) is 27.9 Å². The molecule has 2 N–H and O–H groups in total. The number of hydrogen-bond donors (Lipinski definition) is 2. The highest BCUT2D eigenvalue weighted by Crippen LogP contribution is 2.39. The third-order valence-corrected chi connectivity index (χ3v) is 4.97. The van der Waals surface area contributed by atoms with Gasteiger partial charge in [0, 0.05) is 47.9 Å². The number of anilines is 1. The molecule has 0 aliphatic carbocycles. The molecule has 0 saturated carbocycles. The molecule has 1 unspecified atom stereocenters. The Morgan fingerprint density at radius 3 is 2.43 bits per heavy atom. The molecule has 7 heteroatoms. The lowest BCUT2D eigenvalue weighted by Gasteiger charge is -2.19. The van der Waals surface area contributed by atoms with Gasteiger partial charge in [-0.1, -0.05) is 18.6 Å². The van der Waals surface area contributed by atoms with Crippen molar-refractivity contribution >= 4 is 22.8 Å². The van der Waals surface area contributed by atoms with Crippen molar-refractivity contribution in [3.8, 4) is 11.5 Å². The number of allylic oxidation sites excluding steroid dienone is 1. The van der Waals surface area contributed by atoms with Crippen LogP contribution in [0.2, 0.25) is 0 Å². The summed E-state index contributed by atoms with van der Waals surface area (Å²) < 4.78 is 39.8. The Balaban J connectivity index is 2.10. The molecule has 148 valence electrons. The number of nitrogens with zero attached hydrogens (tertiary/aromatic N) is 1. The second-order valence-electron chi connectivity index (χ2n) is 6.51. The van der Waals surface area contributed by atoms with Gasteiger partial charge in [0.15, 0.2) is 23.1 Å². The van der Waals surface area contributed by atoms with Crippen LogP contribution < -0.4 is 14.8 Å². The van der Waals surface area contributed by atoms with Crippen molar-refractivity contribution in [3.05, 3.63) is 52.9 Å². The molecule has 0 aliphatic heterocycles. The minimum absolute atomic E-state index is 0.0563. The molecule has 0 amide bonds. The lowest BCUT2D eigenvalue weighted by atomic mass is 9.91. The zero-order valence-electron chi connectivity index (χ0n) is 16.5. The average Bonchev–Trinajstić information content (AvgIpc) is 3.16. The van der Waals surface area contributed by atoms with Crippen LogP contribution in [-0.2, 0) is 0 Å². The first-order valence-corrected chi connectivity index (χ1v) is 8.84. The van der Waals surface area contributed by atoms with Crippen molar-refractivity contribution < 1.29 is 18.3 Å². The number of methoxy groups -OCH3 is 2. The number of halogens is 2. The smallest absolute Gasteiger partial charge is 0.172 e. The van der Waals surface area contributed by atoms with E-state index >= 15 is 0 Å². The lowest BCUT2D eigenvalue weighted by Crippen LogP contribution is -2.07. The third-order valence-electron chi connectivity index (χ3n) is 4.97. The van der Waals surface area contributed by atoms with Crippen LogP contribution in [0.5, 0.6) is 11.5 Å². The summed E-state index contributed by atoms with van der Waals surface area (Å²) in [7, 11) is 4.50. The number of aromatic amines is 1. The Labute approximate surface area is 162 Å². The Morgan fingerprint density at radius 1 is 1.21 bits per heavy atom. The molecule has 5 nitrogen and oxygen atoms in total. The average molecular weight is 387 g/mol. The SMILES string of the molecule is CNc1c(C=C(C)C(C)c2c(F)c(OC)cc(OC)c2F)cnc2[nH]ccc12. The molecule has 1 atom stereocenters. The van der Waals surface area contributed by atoms with Crippen molar-refractivity contribution in [2.75, 3.05) is 26.6 Å². The largest absolute Gasteiger partial charge is 0.494 e. The van der Waals surface area contributed by atoms with Gasteiger partial charge in [0.2, 0.25) is 0 Å². The maximum atomic E-state index is 14.8. The van der Waals surface area contributed by atoms with E-state index in [1.54, 1.807) is 13.1 Å². The molecule has 0 fully saturated rings. The highest BCUT2D eigenvalue weighted by Gasteiger charge is 2.25. The van der Waals surface area contributed by atoms with E-state index in [1.165, 1.54) is 20.3 Å². The molecule has 2 aromatic heterocycles. The van der Waals surface area contributed by atoms with E-state index < -0.39 is 17.6 Å². The number of fused-ring (bicyclic) bond motifs is 1. The number of aromatic nitrogens is 2. The van der Waals surface area contributed by atoms with E-state index in [9.17, 15) is 8.78 Å². The summed E-state index contributed by atoms with van der Waals surface area (Å²) >= 11 is 0. The highest BCUT2D eigenvalue weighted by atomic mass is 19.1. The Morgan fingerprint density at radius 2 is 1.86 bits per heavy atom. The quantitative estimate of drug-likeness (QED) is 0.617. The van der Waals surface area contributed by atoms with Gasteiger partial charge in [0.25, 0.3) is 0 Å². The monoisotopic (exact) mass is 387 g/mol. The summed E-state index contributed by atoms with van der Waals surface area (Å²) in [6.45, 7) is 3.57. The second kappa shape index (κ2) is 7.88. The van der Waals surface area contributed by atoms with Crippen molar-refractivity contribution in [3.63, 3.8) is 0 Å². The molecule has 0 saturated heterocycles. The Bertz CT molecular complexity index is 1020. The summed E-state index contributed by atoms with van der Waals surface area (Å²) in [6.07, 6.45) is 5.41. The highest BCUT2D eigenvalue weighted by molar-refractivity contribution is 5.94. The number of rotatable bonds is 6. The number of hydrogen-bond acceptors (Lipinski definition) is 4. The Hall–Kier alpha value is -3.09. The van der Waals surface area contributed by atoms with Gasteiger partial charge in [-0.25, -0.2) is 13.8 Å². The predicted octanol–water partition coefficient (Wildman–Crippen LogP) is 5.11. The summed E-state index contributed by atoms with van der Waals surface area (Å²) in [6, 6.07) is 3.14. The standard InChI is InChI=1S/C21H23F2N3O2/c1-11(8-13-10-26-21-14(6-7-25-21)20(13)24-3)12(2)17-18(22)15(27-4)9-16(28-5)19(17)23/h6-10,12H,1-5H3,(H2,24,25,26). The van der Waals surface area contributed by atoms with Crippen LogP contribution >= 0.6 is 0 Å². The van der Waals surface area contributed by atoms with E-state index in [-0.39, 0.29) is 17.1 Å².